The summed E-state index contributed by atoms with van der Waals surface area (Å²) in [5, 5.41) is 3.11. The molecule has 186 valence electrons. The van der Waals surface area contributed by atoms with Crippen molar-refractivity contribution in [2.45, 2.75) is 19.5 Å². The van der Waals surface area contributed by atoms with E-state index in [1.807, 2.05) is 0 Å². The Bertz CT molecular complexity index is 1140. The van der Waals surface area contributed by atoms with Gasteiger partial charge < -0.3 is 19.7 Å². The molecule has 0 unspecified atom stereocenters. The number of benzene rings is 2. The first-order valence-corrected chi connectivity index (χ1v) is 12.7. The molecule has 0 heterocycles. The molecule has 0 aliphatic carbocycles. The number of nitrogens with one attached hydrogen (secondary N) is 1. The lowest BCUT2D eigenvalue weighted by Crippen LogP contribution is -2.50. The van der Waals surface area contributed by atoms with E-state index >= 15 is 0 Å². The van der Waals surface area contributed by atoms with Crippen molar-refractivity contribution < 1.29 is 27.5 Å². The van der Waals surface area contributed by atoms with Crippen LogP contribution in [0.25, 0.3) is 0 Å². The van der Waals surface area contributed by atoms with Gasteiger partial charge in [-0.3, -0.25) is 13.9 Å². The molecular formula is C22H27Cl2N3O6S. The predicted octanol–water partition coefficient (Wildman–Crippen LogP) is 2.94. The Morgan fingerprint density at radius 2 is 1.71 bits per heavy atom. The van der Waals surface area contributed by atoms with Crippen molar-refractivity contribution in [3.05, 3.63) is 52.0 Å². The van der Waals surface area contributed by atoms with Crippen LogP contribution in [-0.2, 0) is 26.2 Å². The van der Waals surface area contributed by atoms with Gasteiger partial charge >= 0.3 is 0 Å². The summed E-state index contributed by atoms with van der Waals surface area (Å²) in [5.41, 5.74) is 0.542. The molecule has 0 fully saturated rings. The molecule has 2 aromatic rings. The fourth-order valence-corrected chi connectivity index (χ4v) is 4.59. The van der Waals surface area contributed by atoms with E-state index in [1.165, 1.54) is 45.2 Å². The number of methoxy groups -OCH3 is 2. The molecule has 2 aromatic carbocycles. The third kappa shape index (κ3) is 6.46. The van der Waals surface area contributed by atoms with Crippen molar-refractivity contribution in [2.24, 2.45) is 0 Å². The Morgan fingerprint density at radius 1 is 1.09 bits per heavy atom. The summed E-state index contributed by atoms with van der Waals surface area (Å²) in [6.07, 6.45) is 0.969. The fraction of sp³-hybridized carbons (Fsp3) is 0.364. The first-order valence-electron chi connectivity index (χ1n) is 10.1. The third-order valence-electron chi connectivity index (χ3n) is 5.14. The van der Waals surface area contributed by atoms with Crippen LogP contribution < -0.4 is 19.1 Å². The van der Waals surface area contributed by atoms with Crippen LogP contribution in [0.3, 0.4) is 0 Å². The van der Waals surface area contributed by atoms with E-state index in [-0.39, 0.29) is 18.0 Å². The number of hydrogen-bond donors (Lipinski definition) is 1. The van der Waals surface area contributed by atoms with Gasteiger partial charge in [0.1, 0.15) is 24.1 Å². The number of halogens is 2. The molecule has 0 spiro atoms. The van der Waals surface area contributed by atoms with Crippen molar-refractivity contribution in [1.82, 2.24) is 10.2 Å². The highest BCUT2D eigenvalue weighted by Crippen LogP contribution is 2.34. The lowest BCUT2D eigenvalue weighted by atomic mass is 10.1. The Hall–Kier alpha value is -2.69. The summed E-state index contributed by atoms with van der Waals surface area (Å²) in [4.78, 5) is 27.1. The molecule has 0 saturated carbocycles. The minimum atomic E-state index is -3.95. The number of nitrogens with zero attached hydrogens (tertiary/aromatic N) is 2. The van der Waals surface area contributed by atoms with Gasteiger partial charge in [0.2, 0.25) is 21.8 Å². The van der Waals surface area contributed by atoms with Gasteiger partial charge in [-0.05, 0) is 31.2 Å². The van der Waals surface area contributed by atoms with Crippen LogP contribution in [-0.4, -0.2) is 65.2 Å². The molecule has 0 aliphatic rings. The number of sulfonamides is 1. The lowest BCUT2D eigenvalue weighted by molar-refractivity contribution is -0.139. The SMILES string of the molecule is CNC(=O)[C@@H](C)N(Cc1c(Cl)cccc1Cl)C(=O)CN(c1cc(OC)ccc1OC)S(C)(=O)=O. The molecule has 2 amide bonds. The average Bonchev–Trinajstić information content (AvgIpc) is 2.80. The van der Waals surface area contributed by atoms with E-state index in [1.54, 1.807) is 24.3 Å². The van der Waals surface area contributed by atoms with E-state index in [0.29, 0.717) is 21.4 Å². The zero-order chi connectivity index (χ0) is 25.6. The second kappa shape index (κ2) is 11.6. The maximum absolute atomic E-state index is 13.5. The number of anilines is 1. The van der Waals surface area contributed by atoms with Crippen LogP contribution in [0.2, 0.25) is 10.0 Å². The summed E-state index contributed by atoms with van der Waals surface area (Å²) in [6, 6.07) is 8.52. The fourth-order valence-electron chi connectivity index (χ4n) is 3.23. The number of carbonyl (C=O) groups excluding carboxylic acids is 2. The van der Waals surface area contributed by atoms with Crippen LogP contribution >= 0.6 is 23.2 Å². The molecule has 1 N–H and O–H groups in total. The Kier molecular flexibility index (Phi) is 9.43. The van der Waals surface area contributed by atoms with E-state index in [0.717, 1.165) is 10.6 Å². The molecule has 0 aromatic heterocycles. The molecule has 34 heavy (non-hydrogen) atoms. The van der Waals surface area contributed by atoms with Crippen molar-refractivity contribution in [3.8, 4) is 11.5 Å². The van der Waals surface area contributed by atoms with Gasteiger partial charge in [0.25, 0.3) is 0 Å². The molecule has 0 saturated heterocycles. The minimum absolute atomic E-state index is 0.112. The number of hydrogen-bond acceptors (Lipinski definition) is 6. The maximum atomic E-state index is 13.5. The van der Waals surface area contributed by atoms with Crippen molar-refractivity contribution in [1.29, 1.82) is 0 Å². The van der Waals surface area contributed by atoms with Gasteiger partial charge in [-0.1, -0.05) is 29.3 Å². The zero-order valence-corrected chi connectivity index (χ0v) is 21.8. The quantitative estimate of drug-likeness (QED) is 0.505. The molecule has 2 rings (SSSR count). The highest BCUT2D eigenvalue weighted by molar-refractivity contribution is 7.92. The smallest absolute Gasteiger partial charge is 0.244 e. The van der Waals surface area contributed by atoms with Gasteiger partial charge in [-0.25, -0.2) is 8.42 Å². The summed E-state index contributed by atoms with van der Waals surface area (Å²) >= 11 is 12.6. The standard InChI is InChI=1S/C22H27Cl2N3O6S/c1-14(22(29)25-2)26(12-16-17(23)7-6-8-18(16)24)21(28)13-27(34(5,30)31)19-11-15(32-3)9-10-20(19)33-4/h6-11,14H,12-13H2,1-5H3,(H,25,29)/t14-/m1/s1. The molecule has 9 nitrogen and oxygen atoms in total. The molecule has 0 radical (unpaired) electrons. The van der Waals surface area contributed by atoms with E-state index in [4.69, 9.17) is 32.7 Å². The number of likely N-dealkylation sites (N-methyl/N-ethyl adjacent to an activating group) is 1. The van der Waals surface area contributed by atoms with Crippen LogP contribution in [0, 0.1) is 0 Å². The summed E-state index contributed by atoms with van der Waals surface area (Å²) in [5.74, 6) is -0.502. The van der Waals surface area contributed by atoms with E-state index < -0.39 is 34.4 Å². The Labute approximate surface area is 209 Å². The van der Waals surface area contributed by atoms with Crippen LogP contribution in [0.4, 0.5) is 5.69 Å². The first kappa shape index (κ1) is 27.6. The second-order valence-electron chi connectivity index (χ2n) is 7.32. The van der Waals surface area contributed by atoms with E-state index in [9.17, 15) is 18.0 Å². The predicted molar refractivity (Wildman–Crippen MR) is 132 cm³/mol. The summed E-state index contributed by atoms with van der Waals surface area (Å²) < 4.78 is 36.9. The first-order chi connectivity index (χ1) is 15.9. The normalized spacial score (nSPS) is 12.0. The second-order valence-corrected chi connectivity index (χ2v) is 10.0. The monoisotopic (exact) mass is 531 g/mol. The number of amides is 2. The van der Waals surface area contributed by atoms with Gasteiger partial charge in [0.05, 0.1) is 26.2 Å². The molecular weight excluding hydrogens is 505 g/mol. The Morgan fingerprint density at radius 3 is 2.21 bits per heavy atom. The number of rotatable bonds is 10. The molecule has 0 aliphatic heterocycles. The minimum Gasteiger partial charge on any atom is -0.497 e. The van der Waals surface area contributed by atoms with E-state index in [2.05, 4.69) is 5.32 Å². The molecule has 0 bridgehead atoms. The topological polar surface area (TPSA) is 105 Å². The largest absolute Gasteiger partial charge is 0.497 e. The van der Waals surface area contributed by atoms with Gasteiger partial charge in [-0.2, -0.15) is 0 Å². The van der Waals surface area contributed by atoms with Crippen LogP contribution in [0.5, 0.6) is 11.5 Å². The number of ether oxygens (including phenoxy) is 2. The zero-order valence-electron chi connectivity index (χ0n) is 19.5. The van der Waals surface area contributed by atoms with Gasteiger partial charge in [-0.15, -0.1) is 0 Å². The van der Waals surface area contributed by atoms with Crippen LogP contribution in [0.1, 0.15) is 12.5 Å². The van der Waals surface area contributed by atoms with Crippen molar-refractivity contribution >= 4 is 50.7 Å². The third-order valence-corrected chi connectivity index (χ3v) is 6.97. The Balaban J connectivity index is 2.53. The summed E-state index contributed by atoms with van der Waals surface area (Å²) in [6.45, 7) is 0.808. The molecule has 1 atom stereocenters. The summed E-state index contributed by atoms with van der Waals surface area (Å²) in [7, 11) is 0.305. The maximum Gasteiger partial charge on any atom is 0.244 e. The van der Waals surface area contributed by atoms with Gasteiger partial charge in [0.15, 0.2) is 0 Å². The highest BCUT2D eigenvalue weighted by atomic mass is 35.5. The van der Waals surface area contributed by atoms with Crippen molar-refractivity contribution in [2.75, 3.05) is 38.4 Å². The van der Waals surface area contributed by atoms with Crippen molar-refractivity contribution in [3.63, 3.8) is 0 Å². The van der Waals surface area contributed by atoms with Crippen LogP contribution in [0.15, 0.2) is 36.4 Å². The lowest BCUT2D eigenvalue weighted by Gasteiger charge is -2.32. The highest BCUT2D eigenvalue weighted by Gasteiger charge is 2.31. The molecule has 12 heteroatoms. The average molecular weight is 532 g/mol. The van der Waals surface area contributed by atoms with Gasteiger partial charge in [0, 0.05) is 35.3 Å². The number of carbonyl (C=O) groups is 2.